The first-order valence-electron chi connectivity index (χ1n) is 10.7. The predicted octanol–water partition coefficient (Wildman–Crippen LogP) is 5.33. The minimum atomic E-state index is -0.479. The maximum absolute atomic E-state index is 11.2. The van der Waals surface area contributed by atoms with E-state index in [1.165, 1.54) is 63.9 Å². The van der Waals surface area contributed by atoms with Gasteiger partial charge in [0.25, 0.3) is 0 Å². The summed E-state index contributed by atoms with van der Waals surface area (Å²) in [4.78, 5) is 11.2. The fourth-order valence-electron chi connectivity index (χ4n) is 3.61. The number of hydrogen-bond donors (Lipinski definition) is 1. The summed E-state index contributed by atoms with van der Waals surface area (Å²) in [5.41, 5.74) is 0. The van der Waals surface area contributed by atoms with E-state index < -0.39 is 6.10 Å². The molecular weight excluding hydrogens is 328 g/mol. The highest BCUT2D eigenvalue weighted by Crippen LogP contribution is 2.19. The molecule has 1 aliphatic rings. The van der Waals surface area contributed by atoms with Crippen molar-refractivity contribution in [1.82, 2.24) is 0 Å². The van der Waals surface area contributed by atoms with Gasteiger partial charge in [-0.1, -0.05) is 77.2 Å². The normalized spacial score (nSPS) is 19.3. The first-order valence-corrected chi connectivity index (χ1v) is 10.7. The first kappa shape index (κ1) is 23.2. The van der Waals surface area contributed by atoms with Gasteiger partial charge in [-0.25, -0.2) is 4.79 Å². The first-order chi connectivity index (χ1) is 12.7. The van der Waals surface area contributed by atoms with Gasteiger partial charge < -0.3 is 14.6 Å². The maximum Gasteiger partial charge on any atom is 0.330 e. The summed E-state index contributed by atoms with van der Waals surface area (Å²) in [6.45, 7) is 2.26. The largest absolute Gasteiger partial charge is 0.459 e. The van der Waals surface area contributed by atoms with Gasteiger partial charge in [0.1, 0.15) is 6.10 Å². The number of aliphatic hydroxyl groups is 1. The van der Waals surface area contributed by atoms with Crippen molar-refractivity contribution in [2.24, 2.45) is 0 Å². The molecule has 1 rings (SSSR count). The van der Waals surface area contributed by atoms with Crippen molar-refractivity contribution in [3.63, 3.8) is 0 Å². The van der Waals surface area contributed by atoms with Gasteiger partial charge in [0.15, 0.2) is 0 Å². The Bertz CT molecular complexity index is 380. The van der Waals surface area contributed by atoms with E-state index in [9.17, 15) is 9.90 Å². The number of aliphatic hydroxyl groups excluding tert-OH is 1. The highest BCUT2D eigenvalue weighted by Gasteiger charge is 2.22. The third-order valence-electron chi connectivity index (χ3n) is 5.22. The molecule has 0 bridgehead atoms. The summed E-state index contributed by atoms with van der Waals surface area (Å²) < 4.78 is 10.7. The molecule has 0 aromatic rings. The SMILES string of the molecule is CCCCCCCCCCCC[C@H](C[C@H](O)C[C@@H]1CC=CC(=O)O1)OC. The molecule has 152 valence electrons. The van der Waals surface area contributed by atoms with E-state index in [1.54, 1.807) is 7.11 Å². The summed E-state index contributed by atoms with van der Waals surface area (Å²) in [6.07, 6.45) is 18.8. The van der Waals surface area contributed by atoms with Gasteiger partial charge in [-0.15, -0.1) is 0 Å². The molecule has 0 aromatic carbocycles. The number of cyclic esters (lactones) is 1. The predicted molar refractivity (Wildman–Crippen MR) is 106 cm³/mol. The standard InChI is InChI=1S/C22H40O4/c1-3-4-5-6-7-8-9-10-11-12-14-20(25-2)17-19(23)18-21-15-13-16-22(24)26-21/h13,16,19-21,23H,3-12,14-15,17-18H2,1-2H3/t19-,20+,21-/m0/s1. The van der Waals surface area contributed by atoms with E-state index in [0.717, 1.165) is 12.8 Å². The number of carbonyl (C=O) groups excluding carboxylic acids is 1. The Labute approximate surface area is 160 Å². The quantitative estimate of drug-likeness (QED) is 0.296. The van der Waals surface area contributed by atoms with Crippen LogP contribution in [-0.2, 0) is 14.3 Å². The minimum Gasteiger partial charge on any atom is -0.459 e. The van der Waals surface area contributed by atoms with Crippen LogP contribution in [0.1, 0.15) is 96.8 Å². The monoisotopic (exact) mass is 368 g/mol. The van der Waals surface area contributed by atoms with Gasteiger partial charge in [-0.05, 0) is 12.8 Å². The number of rotatable bonds is 16. The van der Waals surface area contributed by atoms with Crippen molar-refractivity contribution in [2.75, 3.05) is 7.11 Å². The lowest BCUT2D eigenvalue weighted by molar-refractivity contribution is -0.145. The van der Waals surface area contributed by atoms with Crippen molar-refractivity contribution in [3.8, 4) is 0 Å². The Morgan fingerprint density at radius 2 is 1.73 bits per heavy atom. The molecule has 0 fully saturated rings. The maximum atomic E-state index is 11.2. The second kappa shape index (κ2) is 15.2. The minimum absolute atomic E-state index is 0.0916. The van der Waals surface area contributed by atoms with Gasteiger partial charge in [-0.3, -0.25) is 0 Å². The summed E-state index contributed by atoms with van der Waals surface area (Å²) >= 11 is 0. The Kier molecular flexibility index (Phi) is 13.6. The van der Waals surface area contributed by atoms with Crippen LogP contribution in [0.3, 0.4) is 0 Å². The zero-order valence-electron chi connectivity index (χ0n) is 17.0. The van der Waals surface area contributed by atoms with Crippen LogP contribution in [0.2, 0.25) is 0 Å². The highest BCUT2D eigenvalue weighted by molar-refractivity contribution is 5.82. The molecule has 26 heavy (non-hydrogen) atoms. The number of methoxy groups -OCH3 is 1. The molecule has 4 heteroatoms. The second-order valence-electron chi connectivity index (χ2n) is 7.65. The zero-order valence-corrected chi connectivity index (χ0v) is 17.0. The van der Waals surface area contributed by atoms with Gasteiger partial charge in [0, 0.05) is 26.0 Å². The summed E-state index contributed by atoms with van der Waals surface area (Å²) in [5, 5.41) is 10.3. The molecule has 0 saturated heterocycles. The van der Waals surface area contributed by atoms with Crippen LogP contribution in [0.4, 0.5) is 0 Å². The third kappa shape index (κ3) is 11.7. The van der Waals surface area contributed by atoms with Gasteiger partial charge >= 0.3 is 5.97 Å². The topological polar surface area (TPSA) is 55.8 Å². The Morgan fingerprint density at radius 3 is 2.31 bits per heavy atom. The average Bonchev–Trinajstić information content (AvgIpc) is 2.62. The van der Waals surface area contributed by atoms with E-state index in [2.05, 4.69) is 6.92 Å². The van der Waals surface area contributed by atoms with E-state index in [4.69, 9.17) is 9.47 Å². The van der Waals surface area contributed by atoms with E-state index >= 15 is 0 Å². The lowest BCUT2D eigenvalue weighted by Crippen LogP contribution is -2.28. The van der Waals surface area contributed by atoms with Crippen LogP contribution in [0.15, 0.2) is 12.2 Å². The van der Waals surface area contributed by atoms with Gasteiger partial charge in [0.05, 0.1) is 12.2 Å². The van der Waals surface area contributed by atoms with Crippen LogP contribution in [-0.4, -0.2) is 36.5 Å². The Balaban J connectivity index is 2.02. The van der Waals surface area contributed by atoms with Crippen molar-refractivity contribution in [3.05, 3.63) is 12.2 Å². The second-order valence-corrected chi connectivity index (χ2v) is 7.65. The number of unbranched alkanes of at least 4 members (excludes halogenated alkanes) is 9. The van der Waals surface area contributed by atoms with E-state index in [0.29, 0.717) is 19.3 Å². The molecule has 0 aliphatic carbocycles. The molecule has 0 saturated carbocycles. The Hall–Kier alpha value is -0.870. The summed E-state index contributed by atoms with van der Waals surface area (Å²) in [6, 6.07) is 0. The molecule has 0 unspecified atom stereocenters. The molecule has 4 nitrogen and oxygen atoms in total. The Morgan fingerprint density at radius 1 is 1.12 bits per heavy atom. The molecule has 0 amide bonds. The van der Waals surface area contributed by atoms with Crippen LogP contribution in [0.25, 0.3) is 0 Å². The molecule has 1 aliphatic heterocycles. The molecule has 1 N–H and O–H groups in total. The van der Waals surface area contributed by atoms with E-state index in [1.807, 2.05) is 6.08 Å². The highest BCUT2D eigenvalue weighted by atomic mass is 16.5. The number of carbonyl (C=O) groups is 1. The fourth-order valence-corrected chi connectivity index (χ4v) is 3.61. The zero-order chi connectivity index (χ0) is 19.0. The smallest absolute Gasteiger partial charge is 0.330 e. The van der Waals surface area contributed by atoms with Crippen LogP contribution < -0.4 is 0 Å². The molecule has 0 aromatic heterocycles. The fraction of sp³-hybridized carbons (Fsp3) is 0.864. The van der Waals surface area contributed by atoms with Crippen molar-refractivity contribution in [2.45, 2.75) is 115 Å². The number of ether oxygens (including phenoxy) is 2. The summed E-state index contributed by atoms with van der Waals surface area (Å²) in [7, 11) is 1.72. The molecular formula is C22H40O4. The third-order valence-corrected chi connectivity index (χ3v) is 5.22. The number of hydrogen-bond acceptors (Lipinski definition) is 4. The molecule has 0 radical (unpaired) electrons. The van der Waals surface area contributed by atoms with Crippen LogP contribution in [0, 0.1) is 0 Å². The van der Waals surface area contributed by atoms with Gasteiger partial charge in [0.2, 0.25) is 0 Å². The summed E-state index contributed by atoms with van der Waals surface area (Å²) in [5.74, 6) is -0.304. The lowest BCUT2D eigenvalue weighted by atomic mass is 9.98. The molecule has 3 atom stereocenters. The van der Waals surface area contributed by atoms with Crippen molar-refractivity contribution in [1.29, 1.82) is 0 Å². The van der Waals surface area contributed by atoms with Crippen molar-refractivity contribution < 1.29 is 19.4 Å². The molecule has 0 spiro atoms. The molecule has 1 heterocycles. The lowest BCUT2D eigenvalue weighted by Gasteiger charge is -2.24. The van der Waals surface area contributed by atoms with Gasteiger partial charge in [-0.2, -0.15) is 0 Å². The average molecular weight is 369 g/mol. The van der Waals surface area contributed by atoms with Crippen LogP contribution in [0.5, 0.6) is 0 Å². The number of esters is 1. The van der Waals surface area contributed by atoms with E-state index in [-0.39, 0.29) is 18.2 Å². The van der Waals surface area contributed by atoms with Crippen LogP contribution >= 0.6 is 0 Å². The van der Waals surface area contributed by atoms with Crippen molar-refractivity contribution >= 4 is 5.97 Å².